The van der Waals surface area contributed by atoms with Crippen molar-refractivity contribution >= 4 is 12.4 Å². The first kappa shape index (κ1) is 13.5. The van der Waals surface area contributed by atoms with Gasteiger partial charge in [-0.1, -0.05) is 6.07 Å². The lowest BCUT2D eigenvalue weighted by Gasteiger charge is -2.14. The molecule has 2 heteroatoms. The molecule has 0 bridgehead atoms. The Morgan fingerprint density at radius 3 is 1.79 bits per heavy atom. The van der Waals surface area contributed by atoms with Gasteiger partial charge < -0.3 is 5.73 Å². The van der Waals surface area contributed by atoms with Crippen LogP contribution in [0.1, 0.15) is 27.8 Å². The Hall–Kier alpha value is -0.530. The molecule has 0 saturated heterocycles. The van der Waals surface area contributed by atoms with Gasteiger partial charge in [0.1, 0.15) is 0 Å². The summed E-state index contributed by atoms with van der Waals surface area (Å²) in [4.78, 5) is 0. The van der Waals surface area contributed by atoms with Crippen molar-refractivity contribution < 1.29 is 0 Å². The molecule has 0 unspecified atom stereocenters. The second kappa shape index (κ2) is 5.38. The fourth-order valence-electron chi connectivity index (χ4n) is 1.82. The van der Waals surface area contributed by atoms with Gasteiger partial charge in [-0.25, -0.2) is 0 Å². The van der Waals surface area contributed by atoms with E-state index < -0.39 is 0 Å². The SMILES string of the molecule is Cc1cc(C)c(C)c(CCN)c1C.Cl. The molecule has 1 rings (SSSR count). The summed E-state index contributed by atoms with van der Waals surface area (Å²) in [5, 5.41) is 0. The minimum Gasteiger partial charge on any atom is -0.330 e. The Morgan fingerprint density at radius 2 is 1.43 bits per heavy atom. The number of nitrogens with two attached hydrogens (primary N) is 1. The third-order valence-corrected chi connectivity index (χ3v) is 2.92. The molecule has 0 aliphatic rings. The zero-order valence-electron chi connectivity index (χ0n) is 9.48. The van der Waals surface area contributed by atoms with Crippen LogP contribution < -0.4 is 5.73 Å². The third-order valence-electron chi connectivity index (χ3n) is 2.92. The van der Waals surface area contributed by atoms with E-state index in [1.807, 2.05) is 0 Å². The molecule has 1 aromatic carbocycles. The summed E-state index contributed by atoms with van der Waals surface area (Å²) >= 11 is 0. The molecule has 0 heterocycles. The Balaban J connectivity index is 0.00000169. The molecular formula is C12H20ClN. The standard InChI is InChI=1S/C12H19N.ClH/c1-8-7-9(2)11(4)12(5-6-13)10(8)3;/h7H,5-6,13H2,1-4H3;1H. The lowest BCUT2D eigenvalue weighted by molar-refractivity contribution is 0.937. The number of halogens is 1. The predicted octanol–water partition coefficient (Wildman–Crippen LogP) is 2.84. The molecule has 0 saturated carbocycles. The molecule has 14 heavy (non-hydrogen) atoms. The van der Waals surface area contributed by atoms with Crippen LogP contribution in [0.15, 0.2) is 6.07 Å². The minimum atomic E-state index is 0. The highest BCUT2D eigenvalue weighted by molar-refractivity contribution is 5.85. The largest absolute Gasteiger partial charge is 0.330 e. The highest BCUT2D eigenvalue weighted by Gasteiger charge is 2.06. The Bertz CT molecular complexity index is 292. The number of aryl methyl sites for hydroxylation is 2. The molecule has 0 atom stereocenters. The maximum absolute atomic E-state index is 5.60. The Morgan fingerprint density at radius 1 is 1.00 bits per heavy atom. The van der Waals surface area contributed by atoms with Crippen molar-refractivity contribution in [3.05, 3.63) is 33.9 Å². The van der Waals surface area contributed by atoms with Crippen molar-refractivity contribution in [1.82, 2.24) is 0 Å². The molecule has 0 aromatic heterocycles. The van der Waals surface area contributed by atoms with Gasteiger partial charge in [0.05, 0.1) is 0 Å². The van der Waals surface area contributed by atoms with Crippen molar-refractivity contribution in [3.63, 3.8) is 0 Å². The van der Waals surface area contributed by atoms with Crippen LogP contribution in [0.2, 0.25) is 0 Å². The molecule has 0 spiro atoms. The van der Waals surface area contributed by atoms with Crippen molar-refractivity contribution in [3.8, 4) is 0 Å². The van der Waals surface area contributed by atoms with Gasteiger partial charge in [0.2, 0.25) is 0 Å². The van der Waals surface area contributed by atoms with Gasteiger partial charge >= 0.3 is 0 Å². The summed E-state index contributed by atoms with van der Waals surface area (Å²) in [6.45, 7) is 9.45. The van der Waals surface area contributed by atoms with Gasteiger partial charge in [-0.3, -0.25) is 0 Å². The molecule has 2 N–H and O–H groups in total. The minimum absolute atomic E-state index is 0. The summed E-state index contributed by atoms with van der Waals surface area (Å²) in [5.74, 6) is 0. The smallest absolute Gasteiger partial charge is 0.00365 e. The highest BCUT2D eigenvalue weighted by atomic mass is 35.5. The zero-order chi connectivity index (χ0) is 10.0. The van der Waals surface area contributed by atoms with Gasteiger partial charge in [-0.15, -0.1) is 12.4 Å². The molecule has 0 radical (unpaired) electrons. The van der Waals surface area contributed by atoms with Crippen LogP contribution in [-0.4, -0.2) is 6.54 Å². The first-order valence-corrected chi connectivity index (χ1v) is 4.84. The molecule has 1 aromatic rings. The van der Waals surface area contributed by atoms with Gasteiger partial charge in [-0.05, 0) is 68.5 Å². The zero-order valence-corrected chi connectivity index (χ0v) is 10.3. The second-order valence-electron chi connectivity index (χ2n) is 3.78. The van der Waals surface area contributed by atoms with Crippen LogP contribution in [0.3, 0.4) is 0 Å². The van der Waals surface area contributed by atoms with Crippen LogP contribution in [0.25, 0.3) is 0 Å². The molecule has 0 amide bonds. The number of hydrogen-bond acceptors (Lipinski definition) is 1. The molecule has 0 aliphatic heterocycles. The van der Waals surface area contributed by atoms with Crippen LogP contribution in [0.5, 0.6) is 0 Å². The summed E-state index contributed by atoms with van der Waals surface area (Å²) in [7, 11) is 0. The number of benzene rings is 1. The fraction of sp³-hybridized carbons (Fsp3) is 0.500. The molecule has 0 aliphatic carbocycles. The average Bonchev–Trinajstić information content (AvgIpc) is 2.09. The number of rotatable bonds is 2. The van der Waals surface area contributed by atoms with Crippen molar-refractivity contribution in [2.24, 2.45) is 5.73 Å². The summed E-state index contributed by atoms with van der Waals surface area (Å²) in [6, 6.07) is 2.25. The Labute approximate surface area is 93.1 Å². The normalized spacial score (nSPS) is 9.79. The van der Waals surface area contributed by atoms with Crippen LogP contribution in [0, 0.1) is 27.7 Å². The predicted molar refractivity (Wildman–Crippen MR) is 65.4 cm³/mol. The van der Waals surface area contributed by atoms with Crippen molar-refractivity contribution in [2.45, 2.75) is 34.1 Å². The first-order chi connectivity index (χ1) is 6.07. The fourth-order valence-corrected chi connectivity index (χ4v) is 1.82. The van der Waals surface area contributed by atoms with E-state index in [0.29, 0.717) is 0 Å². The van der Waals surface area contributed by atoms with Crippen LogP contribution >= 0.6 is 12.4 Å². The maximum atomic E-state index is 5.60. The summed E-state index contributed by atoms with van der Waals surface area (Å²) in [6.07, 6.45) is 1.00. The van der Waals surface area contributed by atoms with Gasteiger partial charge in [0.15, 0.2) is 0 Å². The first-order valence-electron chi connectivity index (χ1n) is 4.84. The van der Waals surface area contributed by atoms with E-state index in [0.717, 1.165) is 13.0 Å². The van der Waals surface area contributed by atoms with E-state index in [2.05, 4.69) is 33.8 Å². The number of hydrogen-bond donors (Lipinski definition) is 1. The molecule has 80 valence electrons. The van der Waals surface area contributed by atoms with Gasteiger partial charge in [0.25, 0.3) is 0 Å². The van der Waals surface area contributed by atoms with E-state index in [9.17, 15) is 0 Å². The van der Waals surface area contributed by atoms with E-state index in [1.54, 1.807) is 0 Å². The van der Waals surface area contributed by atoms with Crippen molar-refractivity contribution in [2.75, 3.05) is 6.54 Å². The summed E-state index contributed by atoms with van der Waals surface area (Å²) in [5.41, 5.74) is 12.6. The molecule has 1 nitrogen and oxygen atoms in total. The monoisotopic (exact) mass is 213 g/mol. The highest BCUT2D eigenvalue weighted by Crippen LogP contribution is 2.21. The lowest BCUT2D eigenvalue weighted by atomic mass is 9.92. The maximum Gasteiger partial charge on any atom is -0.00365 e. The summed E-state index contributed by atoms with van der Waals surface area (Å²) < 4.78 is 0. The quantitative estimate of drug-likeness (QED) is 0.804. The van der Waals surface area contributed by atoms with Crippen molar-refractivity contribution in [1.29, 1.82) is 0 Å². The molecular weight excluding hydrogens is 194 g/mol. The van der Waals surface area contributed by atoms with E-state index in [4.69, 9.17) is 5.73 Å². The second-order valence-corrected chi connectivity index (χ2v) is 3.78. The van der Waals surface area contributed by atoms with Crippen LogP contribution in [0.4, 0.5) is 0 Å². The average molecular weight is 214 g/mol. The van der Waals surface area contributed by atoms with E-state index in [-0.39, 0.29) is 12.4 Å². The topological polar surface area (TPSA) is 26.0 Å². The van der Waals surface area contributed by atoms with E-state index in [1.165, 1.54) is 27.8 Å². The molecule has 0 fully saturated rings. The van der Waals surface area contributed by atoms with Gasteiger partial charge in [0, 0.05) is 0 Å². The lowest BCUT2D eigenvalue weighted by Crippen LogP contribution is -2.07. The van der Waals surface area contributed by atoms with Gasteiger partial charge in [-0.2, -0.15) is 0 Å². The van der Waals surface area contributed by atoms with E-state index >= 15 is 0 Å². The van der Waals surface area contributed by atoms with Crippen LogP contribution in [-0.2, 0) is 6.42 Å². The third kappa shape index (κ3) is 2.49. The Kier molecular flexibility index (Phi) is 5.17.